The second-order valence-corrected chi connectivity index (χ2v) is 8.06. The van der Waals surface area contributed by atoms with E-state index in [4.69, 9.17) is 4.42 Å². The van der Waals surface area contributed by atoms with Gasteiger partial charge in [0.25, 0.3) is 0 Å². The summed E-state index contributed by atoms with van der Waals surface area (Å²) in [5.74, 6) is 3.27. The second kappa shape index (κ2) is 6.24. The first kappa shape index (κ1) is 15.7. The zero-order valence-corrected chi connectivity index (χ0v) is 14.9. The second-order valence-electron chi connectivity index (χ2n) is 7.00. The molecule has 2 atom stereocenters. The average molecular weight is 345 g/mol. The van der Waals surface area contributed by atoms with Gasteiger partial charge in [0.05, 0.1) is 23.8 Å². The molecular weight excluding hydrogens is 322 g/mol. The summed E-state index contributed by atoms with van der Waals surface area (Å²) in [4.78, 5) is 18.9. The van der Waals surface area contributed by atoms with Crippen LogP contribution in [0.25, 0.3) is 0 Å². The van der Waals surface area contributed by atoms with Crippen molar-refractivity contribution in [3.63, 3.8) is 0 Å². The highest BCUT2D eigenvalue weighted by atomic mass is 32.1. The van der Waals surface area contributed by atoms with Crippen molar-refractivity contribution in [2.75, 3.05) is 0 Å². The highest BCUT2D eigenvalue weighted by Crippen LogP contribution is 2.47. The Balaban J connectivity index is 1.36. The summed E-state index contributed by atoms with van der Waals surface area (Å²) in [5, 5.41) is 6.01. The number of urea groups is 1. The average Bonchev–Trinajstić information content (AvgIpc) is 3.44. The van der Waals surface area contributed by atoms with Crippen LogP contribution in [0.2, 0.25) is 0 Å². The van der Waals surface area contributed by atoms with E-state index in [9.17, 15) is 4.79 Å². The summed E-state index contributed by atoms with van der Waals surface area (Å²) in [7, 11) is 0. The molecule has 2 aromatic rings. The fourth-order valence-corrected chi connectivity index (χ4v) is 3.69. The van der Waals surface area contributed by atoms with Crippen LogP contribution in [0, 0.1) is 12.8 Å². The van der Waals surface area contributed by atoms with E-state index < -0.39 is 0 Å². The van der Waals surface area contributed by atoms with Crippen molar-refractivity contribution in [2.45, 2.75) is 58.2 Å². The predicted molar refractivity (Wildman–Crippen MR) is 92.9 cm³/mol. The van der Waals surface area contributed by atoms with Gasteiger partial charge in [-0.05, 0) is 44.2 Å². The molecule has 6 heteroatoms. The van der Waals surface area contributed by atoms with Gasteiger partial charge >= 0.3 is 6.03 Å². The lowest BCUT2D eigenvalue weighted by molar-refractivity contribution is 0.186. The third-order valence-corrected chi connectivity index (χ3v) is 5.64. The Morgan fingerprint density at radius 1 is 1.46 bits per heavy atom. The van der Waals surface area contributed by atoms with Crippen molar-refractivity contribution in [3.8, 4) is 0 Å². The van der Waals surface area contributed by atoms with Crippen LogP contribution in [0.5, 0.6) is 0 Å². The zero-order chi connectivity index (χ0) is 16.7. The lowest BCUT2D eigenvalue weighted by atomic mass is 10.3. The minimum atomic E-state index is -0.0270. The molecule has 0 spiro atoms. The number of furan rings is 1. The third-order valence-electron chi connectivity index (χ3n) is 4.82. The molecule has 1 N–H and O–H groups in total. The van der Waals surface area contributed by atoms with E-state index in [1.807, 2.05) is 23.3 Å². The number of nitrogens with one attached hydrogen (secondary N) is 1. The Labute approximate surface area is 146 Å². The zero-order valence-electron chi connectivity index (χ0n) is 14.1. The van der Waals surface area contributed by atoms with Gasteiger partial charge in [0.15, 0.2) is 0 Å². The van der Waals surface area contributed by atoms with E-state index in [-0.39, 0.29) is 6.03 Å². The number of amides is 2. The van der Waals surface area contributed by atoms with Gasteiger partial charge in [0, 0.05) is 17.3 Å². The number of nitrogens with zero attached hydrogens (tertiary/aromatic N) is 2. The van der Waals surface area contributed by atoms with Crippen LogP contribution < -0.4 is 5.32 Å². The van der Waals surface area contributed by atoms with Gasteiger partial charge in [0.2, 0.25) is 0 Å². The van der Waals surface area contributed by atoms with E-state index in [0.29, 0.717) is 25.0 Å². The largest absolute Gasteiger partial charge is 0.464 e. The normalized spacial score (nSPS) is 22.4. The molecule has 128 valence electrons. The molecule has 2 fully saturated rings. The van der Waals surface area contributed by atoms with Gasteiger partial charge < -0.3 is 14.6 Å². The van der Waals surface area contributed by atoms with Gasteiger partial charge in [-0.3, -0.25) is 0 Å². The van der Waals surface area contributed by atoms with Crippen LogP contribution in [-0.2, 0) is 13.1 Å². The molecule has 0 unspecified atom stereocenters. The Kier molecular flexibility index (Phi) is 4.08. The summed E-state index contributed by atoms with van der Waals surface area (Å²) in [6.45, 7) is 5.25. The molecule has 0 aliphatic heterocycles. The lowest BCUT2D eigenvalue weighted by Gasteiger charge is -2.21. The van der Waals surface area contributed by atoms with E-state index in [2.05, 4.69) is 23.3 Å². The Morgan fingerprint density at radius 3 is 2.88 bits per heavy atom. The SMILES string of the molecule is Cc1nc(CNC(=O)N(Cc2ccc([C@@H]3C[C@H]3C)o2)C2CC2)cs1. The van der Waals surface area contributed by atoms with E-state index >= 15 is 0 Å². The number of carbonyl (C=O) groups excluding carboxylic acids is 1. The van der Waals surface area contributed by atoms with Gasteiger partial charge in [0.1, 0.15) is 11.5 Å². The fraction of sp³-hybridized carbons (Fsp3) is 0.556. The number of aryl methyl sites for hydroxylation is 1. The van der Waals surface area contributed by atoms with Crippen LogP contribution in [0.3, 0.4) is 0 Å². The van der Waals surface area contributed by atoms with Crippen molar-refractivity contribution >= 4 is 17.4 Å². The van der Waals surface area contributed by atoms with Crippen LogP contribution in [0.15, 0.2) is 21.9 Å². The summed E-state index contributed by atoms with van der Waals surface area (Å²) < 4.78 is 5.97. The van der Waals surface area contributed by atoms with Crippen LogP contribution >= 0.6 is 11.3 Å². The maximum atomic E-state index is 12.6. The monoisotopic (exact) mass is 345 g/mol. The Bertz CT molecular complexity index is 734. The highest BCUT2D eigenvalue weighted by molar-refractivity contribution is 7.09. The van der Waals surface area contributed by atoms with Crippen LogP contribution in [0.4, 0.5) is 4.79 Å². The van der Waals surface area contributed by atoms with Gasteiger partial charge in [-0.25, -0.2) is 9.78 Å². The first-order valence-electron chi connectivity index (χ1n) is 8.64. The van der Waals surface area contributed by atoms with E-state index in [1.165, 1.54) is 6.42 Å². The van der Waals surface area contributed by atoms with Gasteiger partial charge in [-0.1, -0.05) is 6.92 Å². The number of aromatic nitrogens is 1. The smallest absolute Gasteiger partial charge is 0.318 e. The topological polar surface area (TPSA) is 58.4 Å². The van der Waals surface area contributed by atoms with Crippen molar-refractivity contribution in [2.24, 2.45) is 5.92 Å². The molecule has 0 bridgehead atoms. The molecule has 24 heavy (non-hydrogen) atoms. The molecule has 4 rings (SSSR count). The molecule has 2 aromatic heterocycles. The van der Waals surface area contributed by atoms with Gasteiger partial charge in [-0.15, -0.1) is 11.3 Å². The molecule has 2 aliphatic rings. The maximum absolute atomic E-state index is 12.6. The maximum Gasteiger partial charge on any atom is 0.318 e. The van der Waals surface area contributed by atoms with Gasteiger partial charge in [-0.2, -0.15) is 0 Å². The molecule has 2 aliphatic carbocycles. The summed E-state index contributed by atoms with van der Waals surface area (Å²) in [6, 6.07) is 4.41. The molecular formula is C18H23N3O2S. The minimum Gasteiger partial charge on any atom is -0.464 e. The molecule has 5 nitrogen and oxygen atoms in total. The highest BCUT2D eigenvalue weighted by Gasteiger charge is 2.37. The number of hydrogen-bond donors (Lipinski definition) is 1. The summed E-state index contributed by atoms with van der Waals surface area (Å²) >= 11 is 1.61. The molecule has 2 saturated carbocycles. The number of rotatable bonds is 6. The number of thiazole rings is 1. The van der Waals surface area contributed by atoms with Crippen molar-refractivity contribution in [1.82, 2.24) is 15.2 Å². The molecule has 0 aromatic carbocycles. The van der Waals surface area contributed by atoms with E-state index in [1.54, 1.807) is 11.3 Å². The molecule has 2 heterocycles. The number of carbonyl (C=O) groups is 1. The first-order chi connectivity index (χ1) is 11.6. The van der Waals surface area contributed by atoms with Crippen LogP contribution in [0.1, 0.15) is 54.3 Å². The Morgan fingerprint density at radius 2 is 2.25 bits per heavy atom. The summed E-state index contributed by atoms with van der Waals surface area (Å²) in [6.07, 6.45) is 3.37. The third kappa shape index (κ3) is 3.48. The molecule has 0 radical (unpaired) electrons. The predicted octanol–water partition coefficient (Wildman–Crippen LogP) is 4.04. The molecule has 2 amide bonds. The van der Waals surface area contributed by atoms with E-state index in [0.717, 1.165) is 41.0 Å². The van der Waals surface area contributed by atoms with Crippen molar-refractivity contribution in [1.29, 1.82) is 0 Å². The van der Waals surface area contributed by atoms with Crippen molar-refractivity contribution < 1.29 is 9.21 Å². The standard InChI is InChI=1S/C18H23N3O2S/c1-11-7-16(11)17-6-5-15(23-17)9-21(14-3-4-14)18(22)19-8-13-10-24-12(2)20-13/h5-6,10-11,14,16H,3-4,7-9H2,1-2H3,(H,19,22)/t11-,16-/m1/s1. The fourth-order valence-electron chi connectivity index (χ4n) is 3.08. The number of hydrogen-bond acceptors (Lipinski definition) is 4. The first-order valence-corrected chi connectivity index (χ1v) is 9.52. The summed E-state index contributed by atoms with van der Waals surface area (Å²) in [5.41, 5.74) is 0.921. The lowest BCUT2D eigenvalue weighted by Crippen LogP contribution is -2.40. The minimum absolute atomic E-state index is 0.0270. The quantitative estimate of drug-likeness (QED) is 0.859. The van der Waals surface area contributed by atoms with Crippen LogP contribution in [-0.4, -0.2) is 22.0 Å². The van der Waals surface area contributed by atoms with Crippen molar-refractivity contribution in [3.05, 3.63) is 39.7 Å². The molecule has 0 saturated heterocycles. The Hall–Kier alpha value is -1.82.